The first kappa shape index (κ1) is 24.7. The van der Waals surface area contributed by atoms with Crippen molar-refractivity contribution in [2.24, 2.45) is 5.10 Å². The molecule has 1 amide bonds. The number of hydrogen-bond acceptors (Lipinski definition) is 4. The van der Waals surface area contributed by atoms with Crippen LogP contribution in [0, 0.1) is 13.8 Å². The quantitative estimate of drug-likeness (QED) is 0.451. The standard InChI is InChI=1S/C30H33ClN4O/c1-22-12-13-25(23(2)18-22)28-19-29(26-10-6-7-11-27(26)31)35(32-28)30(36)21-34-16-14-33(15-17-34)20-24-8-4-3-5-9-24/h3-13,18,29H,14-17,19-21H2,1-2H3/t29-/m0/s1. The molecule has 2 aliphatic rings. The van der Waals surface area contributed by atoms with E-state index in [0.29, 0.717) is 18.0 Å². The third-order valence-corrected chi connectivity index (χ3v) is 7.54. The number of carbonyl (C=O) groups is 1. The molecule has 1 atom stereocenters. The Morgan fingerprint density at radius 2 is 1.61 bits per heavy atom. The number of rotatable bonds is 6. The van der Waals surface area contributed by atoms with Crippen molar-refractivity contribution < 1.29 is 4.79 Å². The maximum Gasteiger partial charge on any atom is 0.257 e. The summed E-state index contributed by atoms with van der Waals surface area (Å²) in [5, 5.41) is 7.25. The lowest BCUT2D eigenvalue weighted by atomic mass is 9.95. The van der Waals surface area contributed by atoms with E-state index in [1.54, 1.807) is 5.01 Å². The van der Waals surface area contributed by atoms with Crippen molar-refractivity contribution >= 4 is 23.2 Å². The molecular formula is C30H33ClN4O. The summed E-state index contributed by atoms with van der Waals surface area (Å²) in [4.78, 5) is 18.3. The first-order valence-electron chi connectivity index (χ1n) is 12.7. The van der Waals surface area contributed by atoms with Crippen LogP contribution in [-0.2, 0) is 11.3 Å². The van der Waals surface area contributed by atoms with Crippen LogP contribution >= 0.6 is 11.6 Å². The zero-order valence-electron chi connectivity index (χ0n) is 21.0. The fraction of sp³-hybridized carbons (Fsp3) is 0.333. The van der Waals surface area contributed by atoms with Gasteiger partial charge in [0.05, 0.1) is 18.3 Å². The zero-order valence-corrected chi connectivity index (χ0v) is 21.8. The maximum absolute atomic E-state index is 13.6. The van der Waals surface area contributed by atoms with Crippen molar-refractivity contribution in [1.29, 1.82) is 0 Å². The molecule has 0 unspecified atom stereocenters. The van der Waals surface area contributed by atoms with E-state index in [-0.39, 0.29) is 11.9 Å². The van der Waals surface area contributed by atoms with Crippen LogP contribution in [0.3, 0.4) is 0 Å². The molecule has 2 aliphatic heterocycles. The number of hydrazone groups is 1. The molecule has 0 aliphatic carbocycles. The molecule has 2 heterocycles. The van der Waals surface area contributed by atoms with Gasteiger partial charge in [0.15, 0.2) is 0 Å². The van der Waals surface area contributed by atoms with Gasteiger partial charge in [-0.3, -0.25) is 14.6 Å². The highest BCUT2D eigenvalue weighted by Crippen LogP contribution is 2.37. The summed E-state index contributed by atoms with van der Waals surface area (Å²) in [6, 6.07) is 24.6. The molecule has 5 nitrogen and oxygen atoms in total. The molecule has 5 rings (SSSR count). The van der Waals surface area contributed by atoms with Gasteiger partial charge in [0.1, 0.15) is 0 Å². The molecule has 0 radical (unpaired) electrons. The number of halogens is 1. The Balaban J connectivity index is 1.30. The van der Waals surface area contributed by atoms with Gasteiger partial charge in [-0.25, -0.2) is 5.01 Å². The second kappa shape index (κ2) is 11.0. The van der Waals surface area contributed by atoms with Crippen LogP contribution in [0.5, 0.6) is 0 Å². The molecule has 3 aromatic rings. The topological polar surface area (TPSA) is 39.2 Å². The Labute approximate surface area is 219 Å². The van der Waals surface area contributed by atoms with Crippen molar-refractivity contribution in [3.05, 3.63) is 106 Å². The summed E-state index contributed by atoms with van der Waals surface area (Å²) in [6.45, 7) is 9.16. The van der Waals surface area contributed by atoms with Crippen LogP contribution in [-0.4, -0.2) is 59.2 Å². The van der Waals surface area contributed by atoms with E-state index in [2.05, 4.69) is 72.2 Å². The maximum atomic E-state index is 13.6. The number of benzene rings is 3. The van der Waals surface area contributed by atoms with E-state index in [1.807, 2.05) is 24.3 Å². The Hall–Kier alpha value is -2.99. The van der Waals surface area contributed by atoms with Gasteiger partial charge in [0.2, 0.25) is 0 Å². The summed E-state index contributed by atoms with van der Waals surface area (Å²) >= 11 is 6.59. The van der Waals surface area contributed by atoms with E-state index >= 15 is 0 Å². The normalized spacial score (nSPS) is 18.9. The number of nitrogens with zero attached hydrogens (tertiary/aromatic N) is 4. The van der Waals surface area contributed by atoms with Crippen molar-refractivity contribution in [3.8, 4) is 0 Å². The van der Waals surface area contributed by atoms with E-state index < -0.39 is 0 Å². The van der Waals surface area contributed by atoms with Crippen molar-refractivity contribution in [2.45, 2.75) is 32.9 Å². The molecule has 36 heavy (non-hydrogen) atoms. The Morgan fingerprint density at radius 3 is 2.33 bits per heavy atom. The van der Waals surface area contributed by atoms with Crippen molar-refractivity contribution in [2.75, 3.05) is 32.7 Å². The fourth-order valence-electron chi connectivity index (χ4n) is 5.24. The fourth-order valence-corrected chi connectivity index (χ4v) is 5.50. The molecule has 1 fully saturated rings. The molecule has 3 aromatic carbocycles. The molecule has 0 bridgehead atoms. The predicted molar refractivity (Wildman–Crippen MR) is 146 cm³/mol. The van der Waals surface area contributed by atoms with E-state index in [4.69, 9.17) is 16.7 Å². The lowest BCUT2D eigenvalue weighted by Crippen LogP contribution is -2.49. The number of amides is 1. The zero-order chi connectivity index (χ0) is 25.1. The minimum Gasteiger partial charge on any atom is -0.297 e. The van der Waals surface area contributed by atoms with Gasteiger partial charge in [-0.1, -0.05) is 83.9 Å². The average Bonchev–Trinajstić information content (AvgIpc) is 3.31. The van der Waals surface area contributed by atoms with Gasteiger partial charge in [-0.15, -0.1) is 0 Å². The molecule has 6 heteroatoms. The van der Waals surface area contributed by atoms with Gasteiger partial charge in [0.25, 0.3) is 5.91 Å². The highest BCUT2D eigenvalue weighted by atomic mass is 35.5. The van der Waals surface area contributed by atoms with Gasteiger partial charge in [-0.05, 0) is 36.6 Å². The highest BCUT2D eigenvalue weighted by molar-refractivity contribution is 6.31. The number of aryl methyl sites for hydroxylation is 2. The largest absolute Gasteiger partial charge is 0.297 e. The van der Waals surface area contributed by atoms with Gasteiger partial charge >= 0.3 is 0 Å². The summed E-state index contributed by atoms with van der Waals surface area (Å²) in [5.41, 5.74) is 6.71. The summed E-state index contributed by atoms with van der Waals surface area (Å²) in [5.74, 6) is 0.0243. The van der Waals surface area contributed by atoms with Crippen molar-refractivity contribution in [3.63, 3.8) is 0 Å². The smallest absolute Gasteiger partial charge is 0.257 e. The molecule has 0 saturated carbocycles. The third-order valence-electron chi connectivity index (χ3n) is 7.20. The van der Waals surface area contributed by atoms with E-state index in [9.17, 15) is 4.79 Å². The molecule has 1 saturated heterocycles. The number of piperazine rings is 1. The Morgan fingerprint density at radius 1 is 0.917 bits per heavy atom. The second-order valence-corrected chi connectivity index (χ2v) is 10.3. The van der Waals surface area contributed by atoms with E-state index in [0.717, 1.165) is 49.6 Å². The Kier molecular flexibility index (Phi) is 7.51. The van der Waals surface area contributed by atoms with Crippen LogP contribution in [0.2, 0.25) is 5.02 Å². The second-order valence-electron chi connectivity index (χ2n) is 9.88. The lowest BCUT2D eigenvalue weighted by molar-refractivity contribution is -0.134. The lowest BCUT2D eigenvalue weighted by Gasteiger charge is -2.35. The predicted octanol–water partition coefficient (Wildman–Crippen LogP) is 5.45. The number of hydrogen-bond donors (Lipinski definition) is 0. The van der Waals surface area contributed by atoms with Crippen LogP contribution in [0.25, 0.3) is 0 Å². The Bertz CT molecular complexity index is 1250. The first-order valence-corrected chi connectivity index (χ1v) is 13.1. The molecule has 186 valence electrons. The monoisotopic (exact) mass is 500 g/mol. The molecular weight excluding hydrogens is 468 g/mol. The SMILES string of the molecule is Cc1ccc(C2=NN(C(=O)CN3CCN(Cc4ccccc4)CC3)[C@H](c3ccccc3Cl)C2)c(C)c1. The van der Waals surface area contributed by atoms with Crippen molar-refractivity contribution in [1.82, 2.24) is 14.8 Å². The third kappa shape index (κ3) is 5.54. The molecule has 0 spiro atoms. The summed E-state index contributed by atoms with van der Waals surface area (Å²) in [7, 11) is 0. The number of carbonyl (C=O) groups excluding carboxylic acids is 1. The van der Waals surface area contributed by atoms with Gasteiger partial charge in [-0.2, -0.15) is 5.10 Å². The van der Waals surface area contributed by atoms with Crippen LogP contribution in [0.4, 0.5) is 0 Å². The van der Waals surface area contributed by atoms with Crippen LogP contribution < -0.4 is 0 Å². The summed E-state index contributed by atoms with van der Waals surface area (Å²) < 4.78 is 0. The van der Waals surface area contributed by atoms with Crippen LogP contribution in [0.1, 0.15) is 40.3 Å². The molecule has 0 N–H and O–H groups in total. The minimum atomic E-state index is -0.193. The first-order chi connectivity index (χ1) is 17.5. The average molecular weight is 501 g/mol. The summed E-state index contributed by atoms with van der Waals surface area (Å²) in [6.07, 6.45) is 0.657. The highest BCUT2D eigenvalue weighted by Gasteiger charge is 2.35. The molecule has 0 aromatic heterocycles. The van der Waals surface area contributed by atoms with Crippen LogP contribution in [0.15, 0.2) is 77.9 Å². The van der Waals surface area contributed by atoms with E-state index in [1.165, 1.54) is 16.7 Å². The minimum absolute atomic E-state index is 0.0243. The van der Waals surface area contributed by atoms with Gasteiger partial charge in [0, 0.05) is 49.7 Å². The van der Waals surface area contributed by atoms with Gasteiger partial charge < -0.3 is 0 Å².